The second-order valence-electron chi connectivity index (χ2n) is 4.35. The lowest BCUT2D eigenvalue weighted by molar-refractivity contribution is 0.0947. The Balaban J connectivity index is 1.70. The van der Waals surface area contributed by atoms with Crippen molar-refractivity contribution >= 4 is 40.4 Å². The summed E-state index contributed by atoms with van der Waals surface area (Å²) in [6.07, 6.45) is 1.50. The lowest BCUT2D eigenvalue weighted by Crippen LogP contribution is -2.22. The van der Waals surface area contributed by atoms with Crippen LogP contribution in [0.25, 0.3) is 11.4 Å². The average molecular weight is 371 g/mol. The third-order valence-corrected chi connectivity index (χ3v) is 4.32. The summed E-state index contributed by atoms with van der Waals surface area (Å²) in [5.74, 6) is -0.0998. The first-order valence-electron chi connectivity index (χ1n) is 6.28. The van der Waals surface area contributed by atoms with Gasteiger partial charge in [0.15, 0.2) is 0 Å². The second-order valence-corrected chi connectivity index (χ2v) is 6.63. The van der Waals surface area contributed by atoms with E-state index in [-0.39, 0.29) is 34.9 Å². The Morgan fingerprint density at radius 1 is 1.43 bits per heavy atom. The van der Waals surface area contributed by atoms with E-state index in [0.29, 0.717) is 8.67 Å². The predicted molar refractivity (Wildman–Crippen MR) is 85.9 cm³/mol. The van der Waals surface area contributed by atoms with Crippen molar-refractivity contribution in [2.75, 3.05) is 0 Å². The number of nitrogens with one attached hydrogen (secondary N) is 2. The van der Waals surface area contributed by atoms with Crippen molar-refractivity contribution in [3.8, 4) is 11.4 Å². The number of thiophene rings is 1. The molecular weight excluding hydrogens is 363 g/mol. The van der Waals surface area contributed by atoms with Crippen LogP contribution in [-0.4, -0.2) is 21.0 Å². The minimum absolute atomic E-state index is 0.000363. The molecule has 0 spiro atoms. The van der Waals surface area contributed by atoms with Gasteiger partial charge in [-0.3, -0.25) is 9.59 Å². The number of aromatic nitrogens is 3. The van der Waals surface area contributed by atoms with Gasteiger partial charge in [-0.15, -0.1) is 11.3 Å². The Morgan fingerprint density at radius 3 is 2.96 bits per heavy atom. The maximum atomic E-state index is 12.0. The van der Waals surface area contributed by atoms with Gasteiger partial charge in [-0.2, -0.15) is 4.98 Å². The van der Waals surface area contributed by atoms with E-state index in [4.69, 9.17) is 27.7 Å². The van der Waals surface area contributed by atoms with E-state index >= 15 is 0 Å². The summed E-state index contributed by atoms with van der Waals surface area (Å²) in [6, 6.07) is 4.70. The van der Waals surface area contributed by atoms with Crippen LogP contribution in [0.5, 0.6) is 0 Å². The van der Waals surface area contributed by atoms with Gasteiger partial charge in [0.25, 0.3) is 11.5 Å². The lowest BCUT2D eigenvalue weighted by atomic mass is 10.3. The number of H-pyrrole nitrogens is 1. The molecule has 0 fully saturated rings. The van der Waals surface area contributed by atoms with Crippen molar-refractivity contribution in [1.82, 2.24) is 20.4 Å². The van der Waals surface area contributed by atoms with E-state index in [9.17, 15) is 9.59 Å². The number of hydrogen-bond donors (Lipinski definition) is 2. The first kappa shape index (κ1) is 15.7. The lowest BCUT2D eigenvalue weighted by Gasteiger charge is -1.99. The van der Waals surface area contributed by atoms with Crippen molar-refractivity contribution in [3.05, 3.63) is 54.9 Å². The molecule has 0 unspecified atom stereocenters. The number of rotatable bonds is 4. The Labute approximate surface area is 143 Å². The molecule has 3 heterocycles. The SMILES string of the molecule is O=C(NCc1nc(-c2ccc[nH]c2=O)no1)c1cc(Cl)sc1Cl. The molecular formula is C13H8Cl2N4O3S. The van der Waals surface area contributed by atoms with Crippen LogP contribution in [0.1, 0.15) is 16.2 Å². The van der Waals surface area contributed by atoms with Gasteiger partial charge in [-0.25, -0.2) is 0 Å². The first-order valence-corrected chi connectivity index (χ1v) is 7.85. The highest BCUT2D eigenvalue weighted by Crippen LogP contribution is 2.30. The quantitative estimate of drug-likeness (QED) is 0.735. The zero-order chi connectivity index (χ0) is 16.4. The van der Waals surface area contributed by atoms with Crippen LogP contribution in [0.4, 0.5) is 0 Å². The van der Waals surface area contributed by atoms with Crippen LogP contribution in [-0.2, 0) is 6.54 Å². The summed E-state index contributed by atoms with van der Waals surface area (Å²) in [7, 11) is 0. The molecule has 3 rings (SSSR count). The number of halogens is 2. The Kier molecular flexibility index (Phi) is 4.46. The van der Waals surface area contributed by atoms with Gasteiger partial charge in [-0.05, 0) is 18.2 Å². The highest BCUT2D eigenvalue weighted by Gasteiger charge is 2.16. The molecule has 7 nitrogen and oxygen atoms in total. The number of amides is 1. The van der Waals surface area contributed by atoms with Crippen molar-refractivity contribution in [1.29, 1.82) is 0 Å². The number of carbonyl (C=O) groups is 1. The molecule has 10 heteroatoms. The maximum Gasteiger partial charge on any atom is 0.259 e. The second kappa shape index (κ2) is 6.53. The van der Waals surface area contributed by atoms with Crippen molar-refractivity contribution in [3.63, 3.8) is 0 Å². The van der Waals surface area contributed by atoms with Gasteiger partial charge in [0, 0.05) is 6.20 Å². The van der Waals surface area contributed by atoms with Gasteiger partial charge in [0.05, 0.1) is 22.0 Å². The van der Waals surface area contributed by atoms with Gasteiger partial charge in [0.1, 0.15) is 4.34 Å². The van der Waals surface area contributed by atoms with Crippen LogP contribution in [0.15, 0.2) is 33.7 Å². The molecule has 0 aliphatic heterocycles. The molecule has 23 heavy (non-hydrogen) atoms. The van der Waals surface area contributed by atoms with E-state index < -0.39 is 5.91 Å². The fourth-order valence-corrected chi connectivity index (χ4v) is 3.24. The third kappa shape index (κ3) is 3.44. The summed E-state index contributed by atoms with van der Waals surface area (Å²) < 4.78 is 5.73. The van der Waals surface area contributed by atoms with Crippen LogP contribution >= 0.6 is 34.5 Å². The van der Waals surface area contributed by atoms with Gasteiger partial charge >= 0.3 is 0 Å². The summed E-state index contributed by atoms with van der Waals surface area (Å²) in [5.41, 5.74) is 0.228. The monoisotopic (exact) mass is 370 g/mol. The molecule has 1 amide bonds. The smallest absolute Gasteiger partial charge is 0.259 e. The molecule has 0 bridgehead atoms. The van der Waals surface area contributed by atoms with E-state index in [0.717, 1.165) is 11.3 Å². The molecule has 0 radical (unpaired) electrons. The van der Waals surface area contributed by atoms with Crippen LogP contribution < -0.4 is 10.9 Å². The van der Waals surface area contributed by atoms with Crippen LogP contribution in [0.2, 0.25) is 8.67 Å². The number of nitrogens with zero attached hydrogens (tertiary/aromatic N) is 2. The molecule has 0 aliphatic carbocycles. The Hall–Kier alpha value is -2.16. The van der Waals surface area contributed by atoms with E-state index in [1.165, 1.54) is 12.3 Å². The van der Waals surface area contributed by atoms with Gasteiger partial charge < -0.3 is 14.8 Å². The molecule has 118 valence electrons. The maximum absolute atomic E-state index is 12.0. The number of aromatic amines is 1. The Morgan fingerprint density at radius 2 is 2.26 bits per heavy atom. The molecule has 0 aliphatic rings. The molecule has 0 saturated heterocycles. The number of carbonyl (C=O) groups excluding carboxylic acids is 1. The zero-order valence-electron chi connectivity index (χ0n) is 11.3. The first-order chi connectivity index (χ1) is 11.0. The molecule has 0 aromatic carbocycles. The summed E-state index contributed by atoms with van der Waals surface area (Å²) in [6.45, 7) is 0.000363. The highest BCUT2D eigenvalue weighted by molar-refractivity contribution is 7.20. The summed E-state index contributed by atoms with van der Waals surface area (Å²) in [5, 5.41) is 6.31. The fraction of sp³-hybridized carbons (Fsp3) is 0.0769. The number of hydrogen-bond acceptors (Lipinski definition) is 6. The van der Waals surface area contributed by atoms with E-state index in [1.807, 2.05) is 0 Å². The van der Waals surface area contributed by atoms with E-state index in [1.54, 1.807) is 12.1 Å². The van der Waals surface area contributed by atoms with Gasteiger partial charge in [-0.1, -0.05) is 28.4 Å². The topological polar surface area (TPSA) is 101 Å². The minimum Gasteiger partial charge on any atom is -0.343 e. The minimum atomic E-state index is -0.407. The van der Waals surface area contributed by atoms with Crippen molar-refractivity contribution in [2.45, 2.75) is 6.54 Å². The largest absolute Gasteiger partial charge is 0.343 e. The average Bonchev–Trinajstić information content (AvgIpc) is 3.12. The molecule has 0 saturated carbocycles. The van der Waals surface area contributed by atoms with Crippen molar-refractivity contribution in [2.24, 2.45) is 0 Å². The van der Waals surface area contributed by atoms with Crippen LogP contribution in [0.3, 0.4) is 0 Å². The highest BCUT2D eigenvalue weighted by atomic mass is 35.5. The standard InChI is InChI=1S/C13H8Cl2N4O3S/c14-8-4-7(10(15)23-8)13(21)17-5-9-18-11(19-22-9)6-2-1-3-16-12(6)20/h1-4H,5H2,(H,16,20)(H,17,21). The molecule has 2 N–H and O–H groups in total. The summed E-state index contributed by atoms with van der Waals surface area (Å²) in [4.78, 5) is 30.2. The fourth-order valence-electron chi connectivity index (χ4n) is 1.78. The predicted octanol–water partition coefficient (Wildman–Crippen LogP) is 2.72. The Bertz CT molecular complexity index is 918. The molecule has 3 aromatic rings. The molecule has 3 aromatic heterocycles. The summed E-state index contributed by atoms with van der Waals surface area (Å²) >= 11 is 12.8. The normalized spacial score (nSPS) is 10.7. The van der Waals surface area contributed by atoms with E-state index in [2.05, 4.69) is 20.4 Å². The zero-order valence-corrected chi connectivity index (χ0v) is 13.6. The van der Waals surface area contributed by atoms with Crippen LogP contribution in [0, 0.1) is 0 Å². The number of pyridine rings is 1. The van der Waals surface area contributed by atoms with Gasteiger partial charge in [0.2, 0.25) is 11.7 Å². The molecule has 0 atom stereocenters. The third-order valence-electron chi connectivity index (χ3n) is 2.83. The van der Waals surface area contributed by atoms with Crippen molar-refractivity contribution < 1.29 is 9.32 Å².